The Kier molecular flexibility index (Phi) is 4.99. The standard InChI is InChI=1S/C14H17BrN2O2/c1-3-16-8-11-5-4-6-13(15)14(11)18-9-12-7-10(2)19-17-12/h4-7,16H,3,8-9H2,1-2H3. The molecule has 0 saturated carbocycles. The van der Waals surface area contributed by atoms with Crippen molar-refractivity contribution < 1.29 is 9.26 Å². The van der Waals surface area contributed by atoms with Gasteiger partial charge in [-0.15, -0.1) is 0 Å². The lowest BCUT2D eigenvalue weighted by molar-refractivity contribution is 0.283. The molecule has 19 heavy (non-hydrogen) atoms. The van der Waals surface area contributed by atoms with Crippen molar-refractivity contribution in [3.8, 4) is 5.75 Å². The second-order valence-electron chi connectivity index (χ2n) is 4.23. The predicted octanol–water partition coefficient (Wildman–Crippen LogP) is 3.43. The molecule has 0 radical (unpaired) electrons. The molecule has 2 rings (SSSR count). The third kappa shape index (κ3) is 3.81. The molecule has 102 valence electrons. The Bertz CT molecular complexity index is 540. The lowest BCUT2D eigenvalue weighted by Crippen LogP contribution is -2.13. The van der Waals surface area contributed by atoms with Crippen LogP contribution in [0.15, 0.2) is 33.3 Å². The average Bonchev–Trinajstić information content (AvgIpc) is 2.81. The van der Waals surface area contributed by atoms with E-state index in [0.29, 0.717) is 6.61 Å². The van der Waals surface area contributed by atoms with E-state index in [-0.39, 0.29) is 0 Å². The Morgan fingerprint density at radius 3 is 2.95 bits per heavy atom. The van der Waals surface area contributed by atoms with Gasteiger partial charge in [0.2, 0.25) is 0 Å². The molecule has 2 aromatic rings. The van der Waals surface area contributed by atoms with E-state index in [9.17, 15) is 0 Å². The molecule has 0 bridgehead atoms. The molecular formula is C14H17BrN2O2. The van der Waals surface area contributed by atoms with Gasteiger partial charge in [-0.05, 0) is 35.5 Å². The first-order chi connectivity index (χ1) is 9.20. The molecule has 0 aliphatic rings. The van der Waals surface area contributed by atoms with Crippen LogP contribution in [0.3, 0.4) is 0 Å². The number of para-hydroxylation sites is 1. The second kappa shape index (κ2) is 6.73. The molecule has 1 heterocycles. The lowest BCUT2D eigenvalue weighted by Gasteiger charge is -2.12. The summed E-state index contributed by atoms with van der Waals surface area (Å²) < 4.78 is 11.8. The number of benzene rings is 1. The number of nitrogens with zero attached hydrogens (tertiary/aromatic N) is 1. The monoisotopic (exact) mass is 324 g/mol. The number of aryl methyl sites for hydroxylation is 1. The van der Waals surface area contributed by atoms with Gasteiger partial charge in [0.15, 0.2) is 0 Å². The van der Waals surface area contributed by atoms with Gasteiger partial charge in [0.05, 0.1) is 4.47 Å². The van der Waals surface area contributed by atoms with Crippen LogP contribution < -0.4 is 10.1 Å². The Morgan fingerprint density at radius 1 is 1.42 bits per heavy atom. The topological polar surface area (TPSA) is 47.3 Å². The number of aromatic nitrogens is 1. The van der Waals surface area contributed by atoms with Gasteiger partial charge in [0.1, 0.15) is 23.8 Å². The van der Waals surface area contributed by atoms with Crippen LogP contribution >= 0.6 is 15.9 Å². The van der Waals surface area contributed by atoms with Gasteiger partial charge in [-0.3, -0.25) is 0 Å². The predicted molar refractivity (Wildman–Crippen MR) is 77.1 cm³/mol. The first-order valence-corrected chi connectivity index (χ1v) is 7.03. The van der Waals surface area contributed by atoms with Crippen molar-refractivity contribution in [2.75, 3.05) is 6.54 Å². The third-order valence-corrected chi connectivity index (χ3v) is 3.28. The van der Waals surface area contributed by atoms with E-state index in [1.807, 2.05) is 25.1 Å². The minimum atomic E-state index is 0.402. The maximum Gasteiger partial charge on any atom is 0.138 e. The molecule has 0 aliphatic heterocycles. The van der Waals surface area contributed by atoms with Crippen LogP contribution in [-0.4, -0.2) is 11.7 Å². The molecule has 0 unspecified atom stereocenters. The van der Waals surface area contributed by atoms with Crippen LogP contribution in [0.2, 0.25) is 0 Å². The van der Waals surface area contributed by atoms with Crippen molar-refractivity contribution in [2.45, 2.75) is 27.0 Å². The van der Waals surface area contributed by atoms with Crippen LogP contribution in [0.5, 0.6) is 5.75 Å². The van der Waals surface area contributed by atoms with Gasteiger partial charge in [-0.25, -0.2) is 0 Å². The van der Waals surface area contributed by atoms with E-state index >= 15 is 0 Å². The van der Waals surface area contributed by atoms with Crippen molar-refractivity contribution in [3.63, 3.8) is 0 Å². The first-order valence-electron chi connectivity index (χ1n) is 6.23. The Hall–Kier alpha value is -1.33. The highest BCUT2D eigenvalue weighted by Crippen LogP contribution is 2.29. The van der Waals surface area contributed by atoms with Gasteiger partial charge >= 0.3 is 0 Å². The molecule has 0 saturated heterocycles. The zero-order valence-corrected chi connectivity index (χ0v) is 12.7. The second-order valence-corrected chi connectivity index (χ2v) is 5.08. The zero-order valence-electron chi connectivity index (χ0n) is 11.1. The molecule has 1 N–H and O–H groups in total. The minimum absolute atomic E-state index is 0.402. The first kappa shape index (κ1) is 14.1. The van der Waals surface area contributed by atoms with Crippen LogP contribution in [0.1, 0.15) is 23.9 Å². The van der Waals surface area contributed by atoms with Crippen molar-refractivity contribution >= 4 is 15.9 Å². The highest BCUT2D eigenvalue weighted by molar-refractivity contribution is 9.10. The van der Waals surface area contributed by atoms with E-state index in [4.69, 9.17) is 9.26 Å². The Balaban J connectivity index is 2.09. The quantitative estimate of drug-likeness (QED) is 0.884. The van der Waals surface area contributed by atoms with Gasteiger partial charge in [-0.2, -0.15) is 0 Å². The van der Waals surface area contributed by atoms with Crippen LogP contribution in [0, 0.1) is 6.92 Å². The van der Waals surface area contributed by atoms with E-state index in [2.05, 4.69) is 39.4 Å². The highest BCUT2D eigenvalue weighted by Gasteiger charge is 2.09. The summed E-state index contributed by atoms with van der Waals surface area (Å²) in [5.41, 5.74) is 1.92. The molecular weight excluding hydrogens is 308 g/mol. The summed E-state index contributed by atoms with van der Waals surface area (Å²) in [5, 5.41) is 7.22. The van der Waals surface area contributed by atoms with E-state index in [0.717, 1.165) is 40.3 Å². The SMILES string of the molecule is CCNCc1cccc(Br)c1OCc1cc(C)on1. The van der Waals surface area contributed by atoms with E-state index < -0.39 is 0 Å². The maximum absolute atomic E-state index is 5.85. The number of rotatable bonds is 6. The largest absolute Gasteiger partial charge is 0.486 e. The maximum atomic E-state index is 5.85. The smallest absolute Gasteiger partial charge is 0.138 e. The lowest BCUT2D eigenvalue weighted by atomic mass is 10.2. The molecule has 5 heteroatoms. The summed E-state index contributed by atoms with van der Waals surface area (Å²) in [6.07, 6.45) is 0. The molecule has 0 aliphatic carbocycles. The molecule has 1 aromatic heterocycles. The van der Waals surface area contributed by atoms with Crippen LogP contribution in [0.25, 0.3) is 0 Å². The van der Waals surface area contributed by atoms with E-state index in [1.54, 1.807) is 0 Å². The van der Waals surface area contributed by atoms with Crippen molar-refractivity contribution in [2.24, 2.45) is 0 Å². The number of nitrogens with one attached hydrogen (secondary N) is 1. The van der Waals surface area contributed by atoms with Crippen molar-refractivity contribution in [1.82, 2.24) is 10.5 Å². The number of hydrogen-bond donors (Lipinski definition) is 1. The summed E-state index contributed by atoms with van der Waals surface area (Å²) in [7, 11) is 0. The summed E-state index contributed by atoms with van der Waals surface area (Å²) in [6, 6.07) is 7.90. The average molecular weight is 325 g/mol. The fraction of sp³-hybridized carbons (Fsp3) is 0.357. The number of hydrogen-bond acceptors (Lipinski definition) is 4. The summed E-state index contributed by atoms with van der Waals surface area (Å²) in [5.74, 6) is 1.64. The van der Waals surface area contributed by atoms with Gasteiger partial charge < -0.3 is 14.6 Å². The molecule has 0 spiro atoms. The molecule has 1 aromatic carbocycles. The number of halogens is 1. The molecule has 0 atom stereocenters. The van der Waals surface area contributed by atoms with Gasteiger partial charge in [0.25, 0.3) is 0 Å². The van der Waals surface area contributed by atoms with Gasteiger partial charge in [0, 0.05) is 18.2 Å². The molecule has 4 nitrogen and oxygen atoms in total. The fourth-order valence-electron chi connectivity index (χ4n) is 1.75. The summed E-state index contributed by atoms with van der Waals surface area (Å²) in [6.45, 7) is 6.05. The third-order valence-electron chi connectivity index (χ3n) is 2.66. The van der Waals surface area contributed by atoms with Crippen molar-refractivity contribution in [3.05, 3.63) is 45.8 Å². The molecule has 0 amide bonds. The highest BCUT2D eigenvalue weighted by atomic mass is 79.9. The summed E-state index contributed by atoms with van der Waals surface area (Å²) >= 11 is 3.52. The Labute approximate surface area is 121 Å². The number of ether oxygens (including phenoxy) is 1. The normalized spacial score (nSPS) is 10.7. The van der Waals surface area contributed by atoms with Crippen LogP contribution in [-0.2, 0) is 13.2 Å². The van der Waals surface area contributed by atoms with Crippen LogP contribution in [0.4, 0.5) is 0 Å². The summed E-state index contributed by atoms with van der Waals surface area (Å²) in [4.78, 5) is 0. The Morgan fingerprint density at radius 2 is 2.26 bits per heavy atom. The minimum Gasteiger partial charge on any atom is -0.486 e. The van der Waals surface area contributed by atoms with E-state index in [1.165, 1.54) is 0 Å². The fourth-order valence-corrected chi connectivity index (χ4v) is 2.27. The zero-order chi connectivity index (χ0) is 13.7. The van der Waals surface area contributed by atoms with Crippen molar-refractivity contribution in [1.29, 1.82) is 0 Å². The molecule has 0 fully saturated rings. The van der Waals surface area contributed by atoms with Gasteiger partial charge in [-0.1, -0.05) is 24.2 Å².